The number of hydrogen-bond acceptors (Lipinski definition) is 4. The molecule has 0 aromatic heterocycles. The first kappa shape index (κ1) is 14.4. The second-order valence-electron chi connectivity index (χ2n) is 5.21. The zero-order chi connectivity index (χ0) is 14.6. The average molecular weight is 273 g/mol. The number of ether oxygens (including phenoxy) is 1. The molecule has 1 aliphatic rings. The number of rotatable bonds is 3. The lowest BCUT2D eigenvalue weighted by atomic mass is 9.81. The lowest BCUT2D eigenvalue weighted by molar-refractivity contribution is -0.126. The summed E-state index contributed by atoms with van der Waals surface area (Å²) in [5.74, 6) is -0.237. The molecule has 1 saturated heterocycles. The minimum absolute atomic E-state index is 0.237. The van der Waals surface area contributed by atoms with E-state index in [9.17, 15) is 10.1 Å². The normalized spacial score (nSPS) is 17.1. The van der Waals surface area contributed by atoms with E-state index in [2.05, 4.69) is 11.4 Å². The first-order valence-corrected chi connectivity index (χ1v) is 6.65. The fraction of sp³-hybridized carbons (Fsp3) is 0.467. The average Bonchev–Trinajstić information content (AvgIpc) is 2.48. The van der Waals surface area contributed by atoms with Crippen LogP contribution < -0.4 is 10.2 Å². The van der Waals surface area contributed by atoms with Crippen LogP contribution >= 0.6 is 0 Å². The van der Waals surface area contributed by atoms with E-state index in [-0.39, 0.29) is 5.91 Å². The third-order valence-electron chi connectivity index (χ3n) is 3.62. The Labute approximate surface area is 119 Å². The molecule has 20 heavy (non-hydrogen) atoms. The van der Waals surface area contributed by atoms with Crippen molar-refractivity contribution in [1.29, 1.82) is 5.26 Å². The van der Waals surface area contributed by atoms with Crippen molar-refractivity contribution in [2.75, 3.05) is 37.5 Å². The largest absolute Gasteiger partial charge is 0.381 e. The molecular weight excluding hydrogens is 254 g/mol. The summed E-state index contributed by atoms with van der Waals surface area (Å²) in [5.41, 5.74) is 0.745. The van der Waals surface area contributed by atoms with E-state index in [1.165, 1.54) is 0 Å². The van der Waals surface area contributed by atoms with E-state index in [4.69, 9.17) is 4.74 Å². The highest BCUT2D eigenvalue weighted by Gasteiger charge is 2.40. The third kappa shape index (κ3) is 2.91. The molecule has 1 aromatic rings. The molecule has 2 rings (SSSR count). The molecule has 0 bridgehead atoms. The first-order valence-electron chi connectivity index (χ1n) is 6.65. The minimum atomic E-state index is -0.966. The molecule has 1 amide bonds. The van der Waals surface area contributed by atoms with Gasteiger partial charge in [-0.2, -0.15) is 5.26 Å². The van der Waals surface area contributed by atoms with Crippen LogP contribution in [-0.4, -0.2) is 33.2 Å². The molecule has 106 valence electrons. The predicted octanol–water partition coefficient (Wildman–Crippen LogP) is 2.01. The highest BCUT2D eigenvalue weighted by molar-refractivity contribution is 5.97. The second kappa shape index (κ2) is 5.93. The van der Waals surface area contributed by atoms with Crippen LogP contribution in [0.3, 0.4) is 0 Å². The number of amides is 1. The molecule has 1 aromatic carbocycles. The van der Waals surface area contributed by atoms with E-state index in [1.807, 2.05) is 43.3 Å². The number of hydrogen-bond donors (Lipinski definition) is 1. The highest BCUT2D eigenvalue weighted by atomic mass is 16.5. The fourth-order valence-electron chi connectivity index (χ4n) is 2.22. The number of nitrogens with one attached hydrogen (secondary N) is 1. The number of anilines is 2. The summed E-state index contributed by atoms with van der Waals surface area (Å²) in [6, 6.07) is 9.74. The summed E-state index contributed by atoms with van der Waals surface area (Å²) < 4.78 is 5.24. The molecule has 5 heteroatoms. The van der Waals surface area contributed by atoms with E-state index in [0.717, 1.165) is 5.69 Å². The number of nitriles is 1. The summed E-state index contributed by atoms with van der Waals surface area (Å²) in [5, 5.41) is 12.2. The molecule has 1 heterocycles. The Bertz CT molecular complexity index is 528. The molecule has 1 fully saturated rings. The van der Waals surface area contributed by atoms with Crippen LogP contribution in [0.2, 0.25) is 0 Å². The molecule has 0 saturated carbocycles. The van der Waals surface area contributed by atoms with Gasteiger partial charge < -0.3 is 15.0 Å². The third-order valence-corrected chi connectivity index (χ3v) is 3.62. The van der Waals surface area contributed by atoms with Gasteiger partial charge in [-0.25, -0.2) is 0 Å². The van der Waals surface area contributed by atoms with Crippen molar-refractivity contribution in [2.45, 2.75) is 12.8 Å². The Morgan fingerprint density at radius 3 is 2.70 bits per heavy atom. The maximum absolute atomic E-state index is 12.4. The lowest BCUT2D eigenvalue weighted by Gasteiger charge is -2.29. The van der Waals surface area contributed by atoms with E-state index < -0.39 is 5.41 Å². The van der Waals surface area contributed by atoms with Gasteiger partial charge in [0, 0.05) is 38.7 Å². The predicted molar refractivity (Wildman–Crippen MR) is 77.5 cm³/mol. The van der Waals surface area contributed by atoms with Crippen LogP contribution in [0.5, 0.6) is 0 Å². The Kier molecular flexibility index (Phi) is 4.26. The van der Waals surface area contributed by atoms with Crippen molar-refractivity contribution < 1.29 is 9.53 Å². The Morgan fingerprint density at radius 2 is 2.10 bits per heavy atom. The topological polar surface area (TPSA) is 65.4 Å². The van der Waals surface area contributed by atoms with Crippen LogP contribution in [0.25, 0.3) is 0 Å². The molecule has 1 N–H and O–H groups in total. The molecular formula is C15H19N3O2. The van der Waals surface area contributed by atoms with Crippen molar-refractivity contribution in [1.82, 2.24) is 0 Å². The van der Waals surface area contributed by atoms with Crippen LogP contribution in [0.15, 0.2) is 24.3 Å². The van der Waals surface area contributed by atoms with Gasteiger partial charge in [0.2, 0.25) is 5.91 Å². The number of nitrogens with zero attached hydrogens (tertiary/aromatic N) is 2. The van der Waals surface area contributed by atoms with Gasteiger partial charge in [0.1, 0.15) is 5.41 Å². The van der Waals surface area contributed by atoms with Gasteiger partial charge in [0.05, 0.1) is 6.07 Å². The summed E-state index contributed by atoms with van der Waals surface area (Å²) >= 11 is 0. The Hall–Kier alpha value is -2.06. The molecule has 0 atom stereocenters. The zero-order valence-corrected chi connectivity index (χ0v) is 11.8. The van der Waals surface area contributed by atoms with E-state index in [1.54, 1.807) is 0 Å². The van der Waals surface area contributed by atoms with Crippen molar-refractivity contribution in [3.63, 3.8) is 0 Å². The second-order valence-corrected chi connectivity index (χ2v) is 5.21. The maximum Gasteiger partial charge on any atom is 0.245 e. The molecule has 5 nitrogen and oxygen atoms in total. The van der Waals surface area contributed by atoms with Crippen LogP contribution in [-0.2, 0) is 9.53 Å². The first-order chi connectivity index (χ1) is 9.57. The van der Waals surface area contributed by atoms with Crippen LogP contribution in [0, 0.1) is 16.7 Å². The van der Waals surface area contributed by atoms with Crippen LogP contribution in [0.1, 0.15) is 12.8 Å². The number of carbonyl (C=O) groups excluding carboxylic acids is 1. The fourth-order valence-corrected chi connectivity index (χ4v) is 2.22. The van der Waals surface area contributed by atoms with Gasteiger partial charge in [-0.3, -0.25) is 4.79 Å². The quantitative estimate of drug-likeness (QED) is 0.915. The number of carbonyl (C=O) groups is 1. The van der Waals surface area contributed by atoms with Gasteiger partial charge in [0.25, 0.3) is 0 Å². The van der Waals surface area contributed by atoms with E-state index in [0.29, 0.717) is 31.7 Å². The molecule has 0 unspecified atom stereocenters. The Balaban J connectivity index is 2.14. The monoisotopic (exact) mass is 273 g/mol. The van der Waals surface area contributed by atoms with Gasteiger partial charge in [-0.1, -0.05) is 6.07 Å². The molecule has 0 radical (unpaired) electrons. The van der Waals surface area contributed by atoms with Gasteiger partial charge >= 0.3 is 0 Å². The van der Waals surface area contributed by atoms with E-state index >= 15 is 0 Å². The van der Waals surface area contributed by atoms with Gasteiger partial charge in [-0.15, -0.1) is 0 Å². The molecule has 0 aliphatic carbocycles. The van der Waals surface area contributed by atoms with Gasteiger partial charge in [-0.05, 0) is 31.0 Å². The van der Waals surface area contributed by atoms with Crippen molar-refractivity contribution >= 4 is 17.3 Å². The minimum Gasteiger partial charge on any atom is -0.381 e. The van der Waals surface area contributed by atoms with Crippen LogP contribution in [0.4, 0.5) is 11.4 Å². The summed E-state index contributed by atoms with van der Waals surface area (Å²) in [6.45, 7) is 0.914. The maximum atomic E-state index is 12.4. The van der Waals surface area contributed by atoms with Crippen molar-refractivity contribution in [2.24, 2.45) is 5.41 Å². The summed E-state index contributed by atoms with van der Waals surface area (Å²) in [7, 11) is 3.88. The Morgan fingerprint density at radius 1 is 1.40 bits per heavy atom. The molecule has 0 spiro atoms. The smallest absolute Gasteiger partial charge is 0.245 e. The SMILES string of the molecule is CN(C)c1cccc(NC(=O)C2(C#N)CCOCC2)c1. The zero-order valence-electron chi connectivity index (χ0n) is 11.8. The highest BCUT2D eigenvalue weighted by Crippen LogP contribution is 2.31. The number of benzene rings is 1. The summed E-state index contributed by atoms with van der Waals surface area (Å²) in [4.78, 5) is 14.4. The van der Waals surface area contributed by atoms with Gasteiger partial charge in [0.15, 0.2) is 0 Å². The standard InChI is InChI=1S/C15H19N3O2/c1-18(2)13-5-3-4-12(10-13)17-14(19)15(11-16)6-8-20-9-7-15/h3-5,10H,6-9H2,1-2H3,(H,17,19). The lowest BCUT2D eigenvalue weighted by Crippen LogP contribution is -2.39. The summed E-state index contributed by atoms with van der Waals surface area (Å²) in [6.07, 6.45) is 0.894. The van der Waals surface area contributed by atoms with Crippen molar-refractivity contribution in [3.05, 3.63) is 24.3 Å². The molecule has 1 aliphatic heterocycles. The van der Waals surface area contributed by atoms with Crippen molar-refractivity contribution in [3.8, 4) is 6.07 Å².